The van der Waals surface area contributed by atoms with E-state index in [-0.39, 0.29) is 0 Å². The maximum absolute atomic E-state index is 3.67. The number of unbranched alkanes of at least 4 members (excludes halogenated alkanes) is 2. The minimum absolute atomic E-state index is 0.684. The van der Waals surface area contributed by atoms with Gasteiger partial charge in [0.15, 0.2) is 0 Å². The molecule has 1 fully saturated rings. The summed E-state index contributed by atoms with van der Waals surface area (Å²) in [4.78, 5) is 5.18. The van der Waals surface area contributed by atoms with Gasteiger partial charge >= 0.3 is 0 Å². The topological polar surface area (TPSA) is 18.5 Å². The van der Waals surface area contributed by atoms with Crippen molar-refractivity contribution < 1.29 is 0 Å². The van der Waals surface area contributed by atoms with Gasteiger partial charge in [-0.3, -0.25) is 9.80 Å². The van der Waals surface area contributed by atoms with E-state index in [1.54, 1.807) is 0 Å². The highest BCUT2D eigenvalue weighted by atomic mass is 15.3. The lowest BCUT2D eigenvalue weighted by atomic mass is 10.1. The van der Waals surface area contributed by atoms with Crippen molar-refractivity contribution in [1.29, 1.82) is 0 Å². The van der Waals surface area contributed by atoms with E-state index in [1.807, 2.05) is 0 Å². The van der Waals surface area contributed by atoms with Crippen LogP contribution in [0.15, 0.2) is 0 Å². The Labute approximate surface area is 120 Å². The Morgan fingerprint density at radius 2 is 1.68 bits per heavy atom. The molecule has 1 heterocycles. The molecule has 0 saturated carbocycles. The third-order valence-electron chi connectivity index (χ3n) is 4.30. The van der Waals surface area contributed by atoms with Crippen molar-refractivity contribution >= 4 is 0 Å². The smallest absolute Gasteiger partial charge is 0.0113 e. The molecule has 1 unspecified atom stereocenters. The maximum Gasteiger partial charge on any atom is 0.0113 e. The van der Waals surface area contributed by atoms with Gasteiger partial charge in [0, 0.05) is 51.4 Å². The van der Waals surface area contributed by atoms with Crippen molar-refractivity contribution in [3.05, 3.63) is 0 Å². The minimum atomic E-state index is 0.684. The highest BCUT2D eigenvalue weighted by Crippen LogP contribution is 2.05. The van der Waals surface area contributed by atoms with Crippen LogP contribution in [0.5, 0.6) is 0 Å². The van der Waals surface area contributed by atoms with Gasteiger partial charge in [-0.2, -0.15) is 0 Å². The molecule has 0 aromatic heterocycles. The second-order valence-electron chi connectivity index (χ2n) is 6.32. The molecule has 3 nitrogen and oxygen atoms in total. The lowest BCUT2D eigenvalue weighted by Crippen LogP contribution is -2.50. The summed E-state index contributed by atoms with van der Waals surface area (Å²) in [6, 6.07) is 1.39. The van der Waals surface area contributed by atoms with E-state index < -0.39 is 0 Å². The van der Waals surface area contributed by atoms with Crippen LogP contribution in [0.4, 0.5) is 0 Å². The van der Waals surface area contributed by atoms with Crippen molar-refractivity contribution in [1.82, 2.24) is 15.1 Å². The van der Waals surface area contributed by atoms with Gasteiger partial charge in [-0.15, -0.1) is 0 Å². The number of hydrogen-bond donors (Lipinski definition) is 1. The van der Waals surface area contributed by atoms with Gasteiger partial charge in [0.25, 0.3) is 0 Å². The van der Waals surface area contributed by atoms with Crippen LogP contribution < -0.4 is 5.32 Å². The number of hydrogen-bond acceptors (Lipinski definition) is 3. The zero-order valence-corrected chi connectivity index (χ0v) is 13.6. The van der Waals surface area contributed by atoms with Crippen LogP contribution in [0.2, 0.25) is 0 Å². The first-order valence-electron chi connectivity index (χ1n) is 8.33. The molecular weight excluding hydrogens is 234 g/mol. The second kappa shape index (κ2) is 9.73. The normalized spacial score (nSPS) is 20.1. The summed E-state index contributed by atoms with van der Waals surface area (Å²) in [5, 5.41) is 3.67. The van der Waals surface area contributed by atoms with Gasteiger partial charge in [0.2, 0.25) is 0 Å². The highest BCUT2D eigenvalue weighted by molar-refractivity contribution is 4.75. The molecule has 0 radical (unpaired) electrons. The average Bonchev–Trinajstić information content (AvgIpc) is 2.39. The van der Waals surface area contributed by atoms with E-state index in [9.17, 15) is 0 Å². The number of rotatable bonds is 9. The fourth-order valence-corrected chi connectivity index (χ4v) is 2.77. The molecule has 114 valence electrons. The predicted octanol–water partition coefficient (Wildman–Crippen LogP) is 2.57. The SMILES string of the molecule is CCCCCC(C)NCCN1CCN(C(C)C)CC1. The van der Waals surface area contributed by atoms with Crippen LogP contribution in [-0.2, 0) is 0 Å². The molecule has 0 aliphatic carbocycles. The monoisotopic (exact) mass is 269 g/mol. The molecule has 1 aliphatic heterocycles. The summed E-state index contributed by atoms with van der Waals surface area (Å²) in [6.45, 7) is 16.5. The van der Waals surface area contributed by atoms with Crippen LogP contribution in [0, 0.1) is 0 Å². The fraction of sp³-hybridized carbons (Fsp3) is 1.00. The largest absolute Gasteiger partial charge is 0.313 e. The lowest BCUT2D eigenvalue weighted by molar-refractivity contribution is 0.108. The third kappa shape index (κ3) is 7.28. The summed E-state index contributed by atoms with van der Waals surface area (Å²) in [6.07, 6.45) is 5.41. The van der Waals surface area contributed by atoms with Crippen LogP contribution in [0.3, 0.4) is 0 Å². The quantitative estimate of drug-likeness (QED) is 0.649. The summed E-state index contributed by atoms with van der Waals surface area (Å²) < 4.78 is 0. The van der Waals surface area contributed by atoms with E-state index in [0.29, 0.717) is 12.1 Å². The fourth-order valence-electron chi connectivity index (χ4n) is 2.77. The molecule has 0 bridgehead atoms. The van der Waals surface area contributed by atoms with Gasteiger partial charge in [0.05, 0.1) is 0 Å². The first kappa shape index (κ1) is 16.9. The molecule has 0 aromatic rings. The van der Waals surface area contributed by atoms with Crippen molar-refractivity contribution in [2.24, 2.45) is 0 Å². The van der Waals surface area contributed by atoms with Gasteiger partial charge < -0.3 is 5.32 Å². The summed E-state index contributed by atoms with van der Waals surface area (Å²) in [5.74, 6) is 0. The zero-order valence-electron chi connectivity index (χ0n) is 13.6. The van der Waals surface area contributed by atoms with Gasteiger partial charge in [0.1, 0.15) is 0 Å². The molecule has 1 atom stereocenters. The molecule has 3 heteroatoms. The van der Waals surface area contributed by atoms with E-state index in [0.717, 1.165) is 6.54 Å². The minimum Gasteiger partial charge on any atom is -0.313 e. The zero-order chi connectivity index (χ0) is 14.1. The second-order valence-corrected chi connectivity index (χ2v) is 6.32. The maximum atomic E-state index is 3.67. The van der Waals surface area contributed by atoms with Crippen LogP contribution in [0.1, 0.15) is 53.4 Å². The molecule has 19 heavy (non-hydrogen) atoms. The Morgan fingerprint density at radius 3 is 2.26 bits per heavy atom. The Kier molecular flexibility index (Phi) is 8.67. The molecule has 0 aromatic carbocycles. The summed E-state index contributed by atoms with van der Waals surface area (Å²) in [5.41, 5.74) is 0. The highest BCUT2D eigenvalue weighted by Gasteiger charge is 2.18. The first-order chi connectivity index (χ1) is 9.13. The van der Waals surface area contributed by atoms with Crippen molar-refractivity contribution in [2.75, 3.05) is 39.3 Å². The van der Waals surface area contributed by atoms with E-state index >= 15 is 0 Å². The molecule has 1 saturated heterocycles. The van der Waals surface area contributed by atoms with E-state index in [4.69, 9.17) is 0 Å². The average molecular weight is 269 g/mol. The van der Waals surface area contributed by atoms with Crippen LogP contribution >= 0.6 is 0 Å². The molecular formula is C16H35N3. The van der Waals surface area contributed by atoms with Crippen molar-refractivity contribution in [2.45, 2.75) is 65.5 Å². The number of piperazine rings is 1. The Balaban J connectivity index is 2.01. The van der Waals surface area contributed by atoms with Crippen molar-refractivity contribution in [3.8, 4) is 0 Å². The molecule has 0 spiro atoms. The Bertz CT molecular complexity index is 210. The molecule has 1 rings (SSSR count). The summed E-state index contributed by atoms with van der Waals surface area (Å²) >= 11 is 0. The summed E-state index contributed by atoms with van der Waals surface area (Å²) in [7, 11) is 0. The van der Waals surface area contributed by atoms with Crippen LogP contribution in [0.25, 0.3) is 0 Å². The molecule has 1 aliphatic rings. The first-order valence-corrected chi connectivity index (χ1v) is 8.33. The van der Waals surface area contributed by atoms with Gasteiger partial charge in [-0.05, 0) is 27.2 Å². The standard InChI is InChI=1S/C16H35N3/c1-5-6-7-8-16(4)17-9-10-18-11-13-19(14-12-18)15(2)3/h15-17H,5-14H2,1-4H3. The van der Waals surface area contributed by atoms with Crippen molar-refractivity contribution in [3.63, 3.8) is 0 Å². The molecule has 0 amide bonds. The van der Waals surface area contributed by atoms with Gasteiger partial charge in [-0.1, -0.05) is 26.2 Å². The van der Waals surface area contributed by atoms with Gasteiger partial charge in [-0.25, -0.2) is 0 Å². The predicted molar refractivity (Wildman–Crippen MR) is 84.8 cm³/mol. The van der Waals surface area contributed by atoms with Crippen LogP contribution in [-0.4, -0.2) is 61.2 Å². The number of nitrogens with one attached hydrogen (secondary N) is 1. The van der Waals surface area contributed by atoms with E-state index in [2.05, 4.69) is 42.8 Å². The van der Waals surface area contributed by atoms with E-state index in [1.165, 1.54) is 58.4 Å². The third-order valence-corrected chi connectivity index (χ3v) is 4.30. The Morgan fingerprint density at radius 1 is 1.00 bits per heavy atom. The Hall–Kier alpha value is -0.120. The lowest BCUT2D eigenvalue weighted by Gasteiger charge is -2.37. The molecule has 1 N–H and O–H groups in total. The number of nitrogens with zero attached hydrogens (tertiary/aromatic N) is 2.